The summed E-state index contributed by atoms with van der Waals surface area (Å²) in [6.45, 7) is 0. The van der Waals surface area contributed by atoms with E-state index < -0.39 is 20.8 Å². The molecule has 10 nitrogen and oxygen atoms in total. The highest BCUT2D eigenvalue weighted by atomic mass is 32.2. The average molecular weight is 433 g/mol. The standard InChI is InChI=1S/C18H16FN5O5S/c1-23(2)30(27,28)14-4-6-17(21-11-14)22-18-10-13(7-8-20-18)29-16-5-3-12(24(25)26)9-15(16)19/h3-11H,1-2H3,(H,20,21,22). The van der Waals surface area contributed by atoms with Gasteiger partial charge in [-0.3, -0.25) is 10.1 Å². The van der Waals surface area contributed by atoms with Crippen LogP contribution in [0.25, 0.3) is 0 Å². The normalized spacial score (nSPS) is 11.3. The zero-order chi connectivity index (χ0) is 21.9. The summed E-state index contributed by atoms with van der Waals surface area (Å²) in [4.78, 5) is 18.2. The molecular weight excluding hydrogens is 417 g/mol. The lowest BCUT2D eigenvalue weighted by Gasteiger charge is -2.12. The van der Waals surface area contributed by atoms with E-state index in [1.165, 1.54) is 50.8 Å². The molecule has 0 aliphatic carbocycles. The molecule has 1 aromatic carbocycles. The van der Waals surface area contributed by atoms with Gasteiger partial charge in [0.05, 0.1) is 11.0 Å². The van der Waals surface area contributed by atoms with Crippen LogP contribution in [0.4, 0.5) is 21.7 Å². The third kappa shape index (κ3) is 4.67. The fourth-order valence-corrected chi connectivity index (χ4v) is 3.15. The summed E-state index contributed by atoms with van der Waals surface area (Å²) >= 11 is 0. The van der Waals surface area contributed by atoms with Crippen LogP contribution in [-0.4, -0.2) is 41.7 Å². The van der Waals surface area contributed by atoms with E-state index >= 15 is 0 Å². The molecule has 1 N–H and O–H groups in total. The molecule has 0 bridgehead atoms. The van der Waals surface area contributed by atoms with Gasteiger partial charge in [0.2, 0.25) is 10.0 Å². The van der Waals surface area contributed by atoms with Crippen molar-refractivity contribution in [3.8, 4) is 11.5 Å². The van der Waals surface area contributed by atoms with Crippen molar-refractivity contribution in [3.63, 3.8) is 0 Å². The number of sulfonamides is 1. The maximum atomic E-state index is 14.0. The van der Waals surface area contributed by atoms with Gasteiger partial charge in [-0.1, -0.05) is 0 Å². The van der Waals surface area contributed by atoms with Gasteiger partial charge in [0.15, 0.2) is 11.6 Å². The van der Waals surface area contributed by atoms with Gasteiger partial charge in [0.25, 0.3) is 5.69 Å². The molecule has 2 heterocycles. The second-order valence-corrected chi connectivity index (χ2v) is 8.29. The molecule has 0 saturated heterocycles. The summed E-state index contributed by atoms with van der Waals surface area (Å²) in [5, 5.41) is 13.6. The largest absolute Gasteiger partial charge is 0.454 e. The number of rotatable bonds is 7. The number of nitro benzene ring substituents is 1. The van der Waals surface area contributed by atoms with E-state index in [4.69, 9.17) is 4.74 Å². The molecular formula is C18H16FN5O5S. The van der Waals surface area contributed by atoms with Crippen LogP contribution in [-0.2, 0) is 10.0 Å². The smallest absolute Gasteiger partial charge is 0.272 e. The van der Waals surface area contributed by atoms with Crippen LogP contribution >= 0.6 is 0 Å². The number of nitro groups is 1. The van der Waals surface area contributed by atoms with Gasteiger partial charge in [0.1, 0.15) is 22.3 Å². The van der Waals surface area contributed by atoms with Crippen LogP contribution in [0.2, 0.25) is 0 Å². The molecule has 0 aliphatic rings. The van der Waals surface area contributed by atoms with E-state index in [2.05, 4.69) is 15.3 Å². The van der Waals surface area contributed by atoms with Gasteiger partial charge in [0, 0.05) is 38.6 Å². The molecule has 0 radical (unpaired) electrons. The number of non-ortho nitro benzene ring substituents is 1. The monoisotopic (exact) mass is 433 g/mol. The predicted octanol–water partition coefficient (Wildman–Crippen LogP) is 3.31. The van der Waals surface area contributed by atoms with Gasteiger partial charge in [-0.25, -0.2) is 27.1 Å². The van der Waals surface area contributed by atoms with Crippen molar-refractivity contribution in [1.29, 1.82) is 0 Å². The third-order valence-corrected chi connectivity index (χ3v) is 5.66. The fraction of sp³-hybridized carbons (Fsp3) is 0.111. The number of aromatic nitrogens is 2. The van der Waals surface area contributed by atoms with Crippen LogP contribution in [0.3, 0.4) is 0 Å². The molecule has 0 fully saturated rings. The molecule has 0 atom stereocenters. The van der Waals surface area contributed by atoms with Gasteiger partial charge >= 0.3 is 0 Å². The van der Waals surface area contributed by atoms with E-state index in [-0.39, 0.29) is 22.1 Å². The minimum atomic E-state index is -3.59. The van der Waals surface area contributed by atoms with E-state index in [1.54, 1.807) is 0 Å². The minimum Gasteiger partial charge on any atom is -0.454 e. The number of ether oxygens (including phenoxy) is 1. The van der Waals surface area contributed by atoms with Gasteiger partial charge in [-0.15, -0.1) is 0 Å². The molecule has 30 heavy (non-hydrogen) atoms. The van der Waals surface area contributed by atoms with Crippen molar-refractivity contribution in [2.45, 2.75) is 4.90 Å². The molecule has 0 aliphatic heterocycles. The summed E-state index contributed by atoms with van der Waals surface area (Å²) in [6.07, 6.45) is 2.62. The van der Waals surface area contributed by atoms with Crippen molar-refractivity contribution in [2.75, 3.05) is 19.4 Å². The van der Waals surface area contributed by atoms with Crippen molar-refractivity contribution >= 4 is 27.3 Å². The third-order valence-electron chi connectivity index (χ3n) is 3.86. The van der Waals surface area contributed by atoms with E-state index in [1.807, 2.05) is 0 Å². The Kier molecular flexibility index (Phi) is 5.89. The number of hydrogen-bond acceptors (Lipinski definition) is 8. The van der Waals surface area contributed by atoms with Crippen LogP contribution in [0, 0.1) is 15.9 Å². The number of anilines is 2. The Balaban J connectivity index is 1.76. The number of benzene rings is 1. The Morgan fingerprint density at radius 2 is 1.87 bits per heavy atom. The maximum Gasteiger partial charge on any atom is 0.272 e. The van der Waals surface area contributed by atoms with Crippen molar-refractivity contribution in [3.05, 3.63) is 70.8 Å². The first-order valence-corrected chi connectivity index (χ1v) is 9.84. The number of nitrogens with zero attached hydrogens (tertiary/aromatic N) is 4. The molecule has 3 aromatic rings. The number of halogens is 1. The zero-order valence-electron chi connectivity index (χ0n) is 15.8. The van der Waals surface area contributed by atoms with E-state index in [9.17, 15) is 22.9 Å². The first kappa shape index (κ1) is 21.1. The molecule has 156 valence electrons. The Bertz CT molecular complexity index is 1190. The minimum absolute atomic E-state index is 0.0386. The van der Waals surface area contributed by atoms with Crippen LogP contribution in [0.1, 0.15) is 0 Å². The Morgan fingerprint density at radius 3 is 2.47 bits per heavy atom. The molecule has 0 saturated carbocycles. The fourth-order valence-electron chi connectivity index (χ4n) is 2.30. The topological polar surface area (TPSA) is 128 Å². The van der Waals surface area contributed by atoms with Crippen molar-refractivity contribution in [1.82, 2.24) is 14.3 Å². The SMILES string of the molecule is CN(C)S(=O)(=O)c1ccc(Nc2cc(Oc3ccc([N+](=O)[O-])cc3F)ccn2)nc1. The Hall–Kier alpha value is -3.64. The molecule has 0 amide bonds. The van der Waals surface area contributed by atoms with E-state index in [0.29, 0.717) is 11.6 Å². The quantitative estimate of drug-likeness (QED) is 0.444. The Labute approximate surface area is 171 Å². The average Bonchev–Trinajstić information content (AvgIpc) is 2.70. The van der Waals surface area contributed by atoms with Crippen molar-refractivity contribution < 1.29 is 22.5 Å². The first-order chi connectivity index (χ1) is 14.2. The van der Waals surface area contributed by atoms with Crippen LogP contribution < -0.4 is 10.1 Å². The molecule has 2 aromatic heterocycles. The van der Waals surface area contributed by atoms with Crippen LogP contribution in [0.5, 0.6) is 11.5 Å². The number of nitrogens with one attached hydrogen (secondary N) is 1. The zero-order valence-corrected chi connectivity index (χ0v) is 16.6. The first-order valence-electron chi connectivity index (χ1n) is 8.40. The number of pyridine rings is 2. The predicted molar refractivity (Wildman–Crippen MR) is 106 cm³/mol. The van der Waals surface area contributed by atoms with E-state index in [0.717, 1.165) is 22.5 Å². The lowest BCUT2D eigenvalue weighted by Crippen LogP contribution is -2.22. The van der Waals surface area contributed by atoms with Gasteiger partial charge in [-0.2, -0.15) is 0 Å². The van der Waals surface area contributed by atoms with Crippen molar-refractivity contribution in [2.24, 2.45) is 0 Å². The molecule has 12 heteroatoms. The molecule has 0 spiro atoms. The van der Waals surface area contributed by atoms with Crippen LogP contribution in [0.15, 0.2) is 59.8 Å². The van der Waals surface area contributed by atoms with Gasteiger partial charge < -0.3 is 10.1 Å². The second-order valence-electron chi connectivity index (χ2n) is 6.14. The summed E-state index contributed by atoms with van der Waals surface area (Å²) in [5.41, 5.74) is -0.386. The summed E-state index contributed by atoms with van der Waals surface area (Å²) in [6, 6.07) is 8.87. The number of hydrogen-bond donors (Lipinski definition) is 1. The summed E-state index contributed by atoms with van der Waals surface area (Å²) < 4.78 is 44.7. The highest BCUT2D eigenvalue weighted by molar-refractivity contribution is 7.89. The summed E-state index contributed by atoms with van der Waals surface area (Å²) in [5.74, 6) is -0.194. The molecule has 3 rings (SSSR count). The Morgan fingerprint density at radius 1 is 1.10 bits per heavy atom. The van der Waals surface area contributed by atoms with Gasteiger partial charge in [-0.05, 0) is 24.3 Å². The lowest BCUT2D eigenvalue weighted by atomic mass is 10.3. The molecule has 0 unspecified atom stereocenters. The highest BCUT2D eigenvalue weighted by Gasteiger charge is 2.17. The lowest BCUT2D eigenvalue weighted by molar-refractivity contribution is -0.385. The summed E-state index contributed by atoms with van der Waals surface area (Å²) in [7, 11) is -0.748. The highest BCUT2D eigenvalue weighted by Crippen LogP contribution is 2.28. The maximum absolute atomic E-state index is 14.0. The second kappa shape index (κ2) is 8.39.